The van der Waals surface area contributed by atoms with Gasteiger partial charge < -0.3 is 10.2 Å². The van der Waals surface area contributed by atoms with Crippen molar-refractivity contribution in [2.45, 2.75) is 63.4 Å². The van der Waals surface area contributed by atoms with E-state index in [0.29, 0.717) is 43.7 Å². The van der Waals surface area contributed by atoms with Gasteiger partial charge in [-0.3, -0.25) is 0 Å². The second-order valence-electron chi connectivity index (χ2n) is 8.39. The number of halogens is 1. The highest BCUT2D eigenvalue weighted by molar-refractivity contribution is 7.88. The van der Waals surface area contributed by atoms with Crippen LogP contribution in [-0.2, 0) is 15.8 Å². The van der Waals surface area contributed by atoms with Gasteiger partial charge in [0.2, 0.25) is 10.0 Å². The molecule has 6 nitrogen and oxygen atoms in total. The van der Waals surface area contributed by atoms with E-state index in [4.69, 9.17) is 0 Å². The van der Waals surface area contributed by atoms with Gasteiger partial charge in [0.15, 0.2) is 0 Å². The zero-order valence-electron chi connectivity index (χ0n) is 16.7. The molecule has 1 N–H and O–H groups in total. The average Bonchev–Trinajstić information content (AvgIpc) is 2.61. The van der Waals surface area contributed by atoms with Crippen molar-refractivity contribution in [1.29, 1.82) is 0 Å². The minimum Gasteiger partial charge on any atom is -0.324 e. The average molecular weight is 412 g/mol. The predicted octanol–water partition coefficient (Wildman–Crippen LogP) is 3.75. The molecular weight excluding hydrogens is 381 g/mol. The van der Waals surface area contributed by atoms with Crippen LogP contribution in [0.25, 0.3) is 0 Å². The maximum Gasteiger partial charge on any atom is 0.321 e. The number of amides is 2. The summed E-state index contributed by atoms with van der Waals surface area (Å²) in [5.41, 5.74) is 0.824. The molecule has 0 aliphatic carbocycles. The van der Waals surface area contributed by atoms with E-state index < -0.39 is 16.2 Å². The zero-order chi connectivity index (χ0) is 20.4. The Kier molecular flexibility index (Phi) is 6.29. The minimum absolute atomic E-state index is 0.0899. The number of nitrogens with zero attached hydrogens (tertiary/aromatic N) is 2. The molecule has 0 aromatic heterocycles. The maximum atomic E-state index is 13.2. The van der Waals surface area contributed by atoms with Crippen molar-refractivity contribution < 1.29 is 17.6 Å². The number of hydrogen-bond donors (Lipinski definition) is 1. The van der Waals surface area contributed by atoms with E-state index in [9.17, 15) is 17.6 Å². The summed E-state index contributed by atoms with van der Waals surface area (Å²) in [6.45, 7) is 5.29. The molecular formula is C20H30FN3O3S. The van der Waals surface area contributed by atoms with Crippen LogP contribution in [0.3, 0.4) is 0 Å². The lowest BCUT2D eigenvalue weighted by molar-refractivity contribution is 0.162. The molecule has 28 heavy (non-hydrogen) atoms. The first kappa shape index (κ1) is 21.0. The van der Waals surface area contributed by atoms with Crippen molar-refractivity contribution >= 4 is 21.7 Å². The standard InChI is InChI=1S/C20H30FN3O3S/c1-20(2)10-3-4-11-24(20)28(26,27)15-16-6-5-7-18(14-16)22-19(25)23-12-8-17(21)9-13-23/h5-7,14,17H,3-4,8-13,15H2,1-2H3,(H,22,25). The van der Waals surface area contributed by atoms with Gasteiger partial charge in [0.1, 0.15) is 6.17 Å². The number of benzene rings is 1. The molecule has 1 aromatic rings. The Morgan fingerprint density at radius 2 is 1.93 bits per heavy atom. The normalized spacial score (nSPS) is 21.5. The third-order valence-electron chi connectivity index (χ3n) is 5.65. The third kappa shape index (κ3) is 5.03. The summed E-state index contributed by atoms with van der Waals surface area (Å²) in [5.74, 6) is -0.0899. The fourth-order valence-corrected chi connectivity index (χ4v) is 6.05. The van der Waals surface area contributed by atoms with E-state index in [-0.39, 0.29) is 17.3 Å². The SMILES string of the molecule is CC1(C)CCCCN1S(=O)(=O)Cc1cccc(NC(=O)N2CCC(F)CC2)c1. The quantitative estimate of drug-likeness (QED) is 0.820. The molecule has 156 valence electrons. The molecule has 8 heteroatoms. The number of sulfonamides is 1. The van der Waals surface area contributed by atoms with E-state index in [1.807, 2.05) is 13.8 Å². The van der Waals surface area contributed by atoms with E-state index in [0.717, 1.165) is 19.3 Å². The summed E-state index contributed by atoms with van der Waals surface area (Å²) in [4.78, 5) is 14.0. The number of piperidine rings is 2. The molecule has 1 aromatic carbocycles. The van der Waals surface area contributed by atoms with E-state index in [1.54, 1.807) is 33.5 Å². The van der Waals surface area contributed by atoms with E-state index in [2.05, 4.69) is 5.32 Å². The molecule has 2 amide bonds. The summed E-state index contributed by atoms with van der Waals surface area (Å²) in [6, 6.07) is 6.67. The first-order valence-corrected chi connectivity index (χ1v) is 11.6. The van der Waals surface area contributed by atoms with Crippen molar-refractivity contribution in [3.63, 3.8) is 0 Å². The van der Waals surface area contributed by atoms with Gasteiger partial charge in [-0.15, -0.1) is 0 Å². The number of anilines is 1. The third-order valence-corrected chi connectivity index (χ3v) is 7.70. The van der Waals surface area contributed by atoms with Crippen LogP contribution in [0.2, 0.25) is 0 Å². The van der Waals surface area contributed by atoms with Gasteiger partial charge in [-0.05, 0) is 57.2 Å². The molecule has 2 heterocycles. The van der Waals surface area contributed by atoms with E-state index in [1.165, 1.54) is 0 Å². The monoisotopic (exact) mass is 411 g/mol. The molecule has 0 spiro atoms. The first-order chi connectivity index (χ1) is 13.2. The summed E-state index contributed by atoms with van der Waals surface area (Å²) < 4.78 is 40.8. The lowest BCUT2D eigenvalue weighted by atomic mass is 9.93. The molecule has 3 rings (SSSR count). The van der Waals surface area contributed by atoms with Crippen molar-refractivity contribution in [2.24, 2.45) is 0 Å². The fraction of sp³-hybridized carbons (Fsp3) is 0.650. The zero-order valence-corrected chi connectivity index (χ0v) is 17.5. The summed E-state index contributed by atoms with van der Waals surface area (Å²) in [5, 5.41) is 2.80. The Labute approximate surface area is 167 Å². The summed E-state index contributed by atoms with van der Waals surface area (Å²) in [6.07, 6.45) is 2.66. The van der Waals surface area contributed by atoms with Gasteiger partial charge in [0.25, 0.3) is 0 Å². The highest BCUT2D eigenvalue weighted by atomic mass is 32.2. The fourth-order valence-electron chi connectivity index (χ4n) is 4.04. The Morgan fingerprint density at radius 1 is 1.21 bits per heavy atom. The van der Waals surface area contributed by atoms with Crippen LogP contribution in [0.15, 0.2) is 24.3 Å². The van der Waals surface area contributed by atoms with Crippen LogP contribution in [0, 0.1) is 0 Å². The molecule has 2 aliphatic rings. The topological polar surface area (TPSA) is 69.7 Å². The number of alkyl halides is 1. The Balaban J connectivity index is 1.67. The molecule has 0 radical (unpaired) electrons. The van der Waals surface area contributed by atoms with Crippen LogP contribution in [-0.4, -0.2) is 55.0 Å². The lowest BCUT2D eigenvalue weighted by Gasteiger charge is -2.41. The lowest BCUT2D eigenvalue weighted by Crippen LogP contribution is -2.50. The van der Waals surface area contributed by atoms with Gasteiger partial charge in [-0.1, -0.05) is 18.6 Å². The van der Waals surface area contributed by atoms with Crippen LogP contribution in [0.5, 0.6) is 0 Å². The van der Waals surface area contributed by atoms with E-state index >= 15 is 0 Å². The Bertz CT molecular complexity index is 805. The number of likely N-dealkylation sites (tertiary alicyclic amines) is 1. The van der Waals surface area contributed by atoms with Crippen molar-refractivity contribution in [3.8, 4) is 0 Å². The second-order valence-corrected chi connectivity index (χ2v) is 10.3. The number of urea groups is 1. The summed E-state index contributed by atoms with van der Waals surface area (Å²) in [7, 11) is -3.45. The number of rotatable bonds is 4. The molecule has 0 saturated carbocycles. The second kappa shape index (κ2) is 8.37. The van der Waals surface area contributed by atoms with Gasteiger partial charge >= 0.3 is 6.03 Å². The Hall–Kier alpha value is -1.67. The van der Waals surface area contributed by atoms with Gasteiger partial charge in [-0.25, -0.2) is 17.6 Å². The number of carbonyl (C=O) groups is 1. The predicted molar refractivity (Wildman–Crippen MR) is 108 cm³/mol. The van der Waals surface area contributed by atoms with Crippen molar-refractivity contribution in [1.82, 2.24) is 9.21 Å². The van der Waals surface area contributed by atoms with Crippen LogP contribution < -0.4 is 5.32 Å². The first-order valence-electron chi connectivity index (χ1n) is 9.97. The summed E-state index contributed by atoms with van der Waals surface area (Å²) >= 11 is 0. The molecule has 2 saturated heterocycles. The molecule has 0 atom stereocenters. The smallest absolute Gasteiger partial charge is 0.321 e. The molecule has 2 aliphatic heterocycles. The number of carbonyl (C=O) groups excluding carboxylic acids is 1. The number of nitrogens with one attached hydrogen (secondary N) is 1. The molecule has 2 fully saturated rings. The van der Waals surface area contributed by atoms with Gasteiger partial charge in [-0.2, -0.15) is 4.31 Å². The largest absolute Gasteiger partial charge is 0.324 e. The Morgan fingerprint density at radius 3 is 2.61 bits per heavy atom. The van der Waals surface area contributed by atoms with Gasteiger partial charge in [0, 0.05) is 30.9 Å². The van der Waals surface area contributed by atoms with Crippen LogP contribution in [0.4, 0.5) is 14.9 Å². The highest BCUT2D eigenvalue weighted by Crippen LogP contribution is 2.31. The van der Waals surface area contributed by atoms with Gasteiger partial charge in [0.05, 0.1) is 5.75 Å². The van der Waals surface area contributed by atoms with Crippen LogP contribution in [0.1, 0.15) is 51.5 Å². The number of hydrogen-bond acceptors (Lipinski definition) is 3. The molecule has 0 unspecified atom stereocenters. The van der Waals surface area contributed by atoms with Crippen molar-refractivity contribution in [2.75, 3.05) is 25.0 Å². The molecule has 0 bridgehead atoms. The van der Waals surface area contributed by atoms with Crippen molar-refractivity contribution in [3.05, 3.63) is 29.8 Å². The maximum absolute atomic E-state index is 13.2. The van der Waals surface area contributed by atoms with Crippen LogP contribution >= 0.6 is 0 Å². The highest BCUT2D eigenvalue weighted by Gasteiger charge is 2.37. The minimum atomic E-state index is -3.45.